The van der Waals surface area contributed by atoms with E-state index in [9.17, 15) is 9.50 Å². The Hall–Kier alpha value is -0.540. The van der Waals surface area contributed by atoms with E-state index < -0.39 is 6.10 Å². The van der Waals surface area contributed by atoms with Crippen molar-refractivity contribution in [3.05, 3.63) is 34.6 Å². The Kier molecular flexibility index (Phi) is 3.27. The van der Waals surface area contributed by atoms with Crippen LogP contribution in [0.4, 0.5) is 4.39 Å². The molecule has 1 aliphatic rings. The summed E-state index contributed by atoms with van der Waals surface area (Å²) < 4.78 is 13.8. The predicted molar refractivity (Wildman–Crippen MR) is 66.0 cm³/mol. The third kappa shape index (κ3) is 1.87. The first kappa shape index (κ1) is 11.9. The lowest BCUT2D eigenvalue weighted by Crippen LogP contribution is -2.27. The highest BCUT2D eigenvalue weighted by Crippen LogP contribution is 2.43. The molecule has 3 heteroatoms. The minimum atomic E-state index is -0.673. The molecule has 1 aliphatic heterocycles. The normalized spacial score (nSPS) is 24.6. The molecule has 0 amide bonds. The number of thioether (sulfide) groups is 1. The second-order valence-electron chi connectivity index (χ2n) is 4.72. The van der Waals surface area contributed by atoms with Gasteiger partial charge in [-0.3, -0.25) is 0 Å². The zero-order valence-corrected chi connectivity index (χ0v) is 10.6. The molecule has 0 spiro atoms. The molecular formula is C13H17FOS. The van der Waals surface area contributed by atoms with Crippen LogP contribution < -0.4 is 0 Å². The summed E-state index contributed by atoms with van der Waals surface area (Å²) in [4.78, 5) is 0. The van der Waals surface area contributed by atoms with Crippen molar-refractivity contribution in [3.8, 4) is 0 Å². The van der Waals surface area contributed by atoms with Crippen molar-refractivity contribution in [1.82, 2.24) is 0 Å². The molecule has 1 aromatic carbocycles. The Morgan fingerprint density at radius 2 is 2.12 bits per heavy atom. The number of halogens is 1. The zero-order chi connectivity index (χ0) is 11.9. The van der Waals surface area contributed by atoms with E-state index >= 15 is 0 Å². The topological polar surface area (TPSA) is 20.2 Å². The summed E-state index contributed by atoms with van der Waals surface area (Å²) in [5, 5.41) is 10.3. The molecular weight excluding hydrogens is 223 g/mol. The summed E-state index contributed by atoms with van der Waals surface area (Å²) >= 11 is 1.73. The third-order valence-corrected chi connectivity index (χ3v) is 4.86. The standard InChI is InChI=1S/C13H17FOS/c1-7(2)13-12(15)11-9(6-16-13)8(3)4-5-10(11)14/h4-5,7,12-13,15H,6H2,1-3H3. The Morgan fingerprint density at radius 1 is 1.44 bits per heavy atom. The van der Waals surface area contributed by atoms with Crippen LogP contribution in [0.3, 0.4) is 0 Å². The Bertz CT molecular complexity index is 403. The van der Waals surface area contributed by atoms with Gasteiger partial charge in [0.15, 0.2) is 0 Å². The number of hydrogen-bond donors (Lipinski definition) is 1. The van der Waals surface area contributed by atoms with E-state index in [1.807, 2.05) is 6.92 Å². The van der Waals surface area contributed by atoms with Gasteiger partial charge in [-0.05, 0) is 30.0 Å². The van der Waals surface area contributed by atoms with E-state index in [0.717, 1.165) is 16.9 Å². The molecule has 2 atom stereocenters. The van der Waals surface area contributed by atoms with Crippen LogP contribution in [0, 0.1) is 18.7 Å². The van der Waals surface area contributed by atoms with Crippen molar-refractivity contribution in [1.29, 1.82) is 0 Å². The highest BCUT2D eigenvalue weighted by molar-refractivity contribution is 7.99. The molecule has 1 heterocycles. The van der Waals surface area contributed by atoms with Crippen LogP contribution in [0.15, 0.2) is 12.1 Å². The molecule has 1 nitrogen and oxygen atoms in total. The van der Waals surface area contributed by atoms with Crippen molar-refractivity contribution >= 4 is 11.8 Å². The van der Waals surface area contributed by atoms with Crippen molar-refractivity contribution < 1.29 is 9.50 Å². The summed E-state index contributed by atoms with van der Waals surface area (Å²) in [6.07, 6.45) is -0.673. The quantitative estimate of drug-likeness (QED) is 0.811. The monoisotopic (exact) mass is 240 g/mol. The van der Waals surface area contributed by atoms with Crippen LogP contribution in [0.2, 0.25) is 0 Å². The van der Waals surface area contributed by atoms with Gasteiger partial charge in [-0.2, -0.15) is 11.8 Å². The highest BCUT2D eigenvalue weighted by Gasteiger charge is 2.33. The SMILES string of the molecule is Cc1ccc(F)c2c1CSC(C(C)C)C2O. The number of hydrogen-bond acceptors (Lipinski definition) is 2. The van der Waals surface area contributed by atoms with E-state index in [1.54, 1.807) is 17.8 Å². The number of rotatable bonds is 1. The number of aliphatic hydroxyl groups excluding tert-OH is 1. The molecule has 16 heavy (non-hydrogen) atoms. The van der Waals surface area contributed by atoms with Crippen molar-refractivity contribution in [3.63, 3.8) is 0 Å². The summed E-state index contributed by atoms with van der Waals surface area (Å²) in [6, 6.07) is 3.25. The molecule has 0 aromatic heterocycles. The molecule has 0 fully saturated rings. The van der Waals surface area contributed by atoms with Gasteiger partial charge in [-0.15, -0.1) is 0 Å². The maximum absolute atomic E-state index is 13.8. The van der Waals surface area contributed by atoms with E-state index in [2.05, 4.69) is 13.8 Å². The van der Waals surface area contributed by atoms with Gasteiger partial charge >= 0.3 is 0 Å². The summed E-state index contributed by atoms with van der Waals surface area (Å²) in [6.45, 7) is 6.11. The largest absolute Gasteiger partial charge is 0.387 e. The Labute approximate surface area is 100 Å². The minimum absolute atomic E-state index is 0.101. The first-order valence-corrected chi connectivity index (χ1v) is 6.64. The lowest BCUT2D eigenvalue weighted by atomic mass is 9.92. The third-order valence-electron chi connectivity index (χ3n) is 3.22. The van der Waals surface area contributed by atoms with E-state index in [-0.39, 0.29) is 11.1 Å². The van der Waals surface area contributed by atoms with Crippen LogP contribution >= 0.6 is 11.8 Å². The van der Waals surface area contributed by atoms with Crippen LogP contribution in [-0.2, 0) is 5.75 Å². The lowest BCUT2D eigenvalue weighted by molar-refractivity contribution is 0.151. The van der Waals surface area contributed by atoms with Crippen molar-refractivity contribution in [2.45, 2.75) is 37.9 Å². The average molecular weight is 240 g/mol. The number of fused-ring (bicyclic) bond motifs is 1. The number of benzene rings is 1. The zero-order valence-electron chi connectivity index (χ0n) is 9.83. The van der Waals surface area contributed by atoms with E-state index in [0.29, 0.717) is 11.5 Å². The summed E-state index contributed by atoms with van der Waals surface area (Å²) in [5.74, 6) is 0.894. The van der Waals surface area contributed by atoms with Gasteiger partial charge in [0.25, 0.3) is 0 Å². The fraction of sp³-hybridized carbons (Fsp3) is 0.538. The molecule has 1 N–H and O–H groups in total. The van der Waals surface area contributed by atoms with Gasteiger partial charge in [-0.1, -0.05) is 19.9 Å². The molecule has 0 saturated heterocycles. The molecule has 2 rings (SSSR count). The fourth-order valence-electron chi connectivity index (χ4n) is 2.25. The highest BCUT2D eigenvalue weighted by atomic mass is 32.2. The molecule has 88 valence electrons. The van der Waals surface area contributed by atoms with E-state index in [4.69, 9.17) is 0 Å². The summed E-state index contributed by atoms with van der Waals surface area (Å²) in [7, 11) is 0. The smallest absolute Gasteiger partial charge is 0.129 e. The van der Waals surface area contributed by atoms with Crippen LogP contribution in [-0.4, -0.2) is 10.4 Å². The summed E-state index contributed by atoms with van der Waals surface area (Å²) in [5.41, 5.74) is 2.58. The molecule has 0 bridgehead atoms. The van der Waals surface area contributed by atoms with Gasteiger partial charge < -0.3 is 5.11 Å². The van der Waals surface area contributed by atoms with Crippen molar-refractivity contribution in [2.24, 2.45) is 5.92 Å². The molecule has 1 aromatic rings. The number of aryl methyl sites for hydroxylation is 1. The number of aliphatic hydroxyl groups is 1. The molecule has 0 radical (unpaired) electrons. The van der Waals surface area contributed by atoms with Gasteiger partial charge in [0.1, 0.15) is 5.82 Å². The second kappa shape index (κ2) is 4.38. The first-order chi connectivity index (χ1) is 7.52. The van der Waals surface area contributed by atoms with Gasteiger partial charge in [0.2, 0.25) is 0 Å². The van der Waals surface area contributed by atoms with Crippen LogP contribution in [0.1, 0.15) is 36.6 Å². The Balaban J connectivity index is 2.48. The average Bonchev–Trinajstić information content (AvgIpc) is 2.23. The Morgan fingerprint density at radius 3 is 2.75 bits per heavy atom. The maximum Gasteiger partial charge on any atom is 0.129 e. The molecule has 0 saturated carbocycles. The van der Waals surface area contributed by atoms with Gasteiger partial charge in [0.05, 0.1) is 6.10 Å². The molecule has 2 unspecified atom stereocenters. The molecule has 0 aliphatic carbocycles. The predicted octanol–water partition coefficient (Wildman–Crippen LogP) is 3.44. The second-order valence-corrected chi connectivity index (χ2v) is 5.89. The van der Waals surface area contributed by atoms with Gasteiger partial charge in [0, 0.05) is 16.6 Å². The van der Waals surface area contributed by atoms with Crippen molar-refractivity contribution in [2.75, 3.05) is 0 Å². The van der Waals surface area contributed by atoms with Crippen LogP contribution in [0.5, 0.6) is 0 Å². The lowest BCUT2D eigenvalue weighted by Gasteiger charge is -2.33. The first-order valence-electron chi connectivity index (χ1n) is 5.60. The van der Waals surface area contributed by atoms with Crippen LogP contribution in [0.25, 0.3) is 0 Å². The fourth-order valence-corrected chi connectivity index (χ4v) is 3.69. The maximum atomic E-state index is 13.8. The minimum Gasteiger partial charge on any atom is -0.387 e. The van der Waals surface area contributed by atoms with Gasteiger partial charge in [-0.25, -0.2) is 4.39 Å². The van der Waals surface area contributed by atoms with E-state index in [1.165, 1.54) is 6.07 Å².